The number of nitrogens with zero attached hydrogens (tertiary/aromatic N) is 2. The molecule has 7 nitrogen and oxygen atoms in total. The number of hydrogen-bond acceptors (Lipinski definition) is 4. The van der Waals surface area contributed by atoms with Crippen molar-refractivity contribution in [3.05, 3.63) is 128 Å². The average molecular weight is 732 g/mol. The number of anilines is 1. The molecule has 0 saturated carbocycles. The third-order valence-electron chi connectivity index (χ3n) is 7.04. The third kappa shape index (κ3) is 9.10. The van der Waals surface area contributed by atoms with E-state index in [1.54, 1.807) is 54.6 Å². The van der Waals surface area contributed by atoms with Gasteiger partial charge in [0.2, 0.25) is 11.8 Å². The van der Waals surface area contributed by atoms with Gasteiger partial charge in [-0.2, -0.15) is 0 Å². The van der Waals surface area contributed by atoms with Gasteiger partial charge in [0.1, 0.15) is 12.6 Å². The summed E-state index contributed by atoms with van der Waals surface area (Å²) in [6, 6.07) is 26.2. The van der Waals surface area contributed by atoms with Crippen LogP contribution in [0.25, 0.3) is 0 Å². The molecular formula is C34H34BrCl2N3O4S. The minimum Gasteiger partial charge on any atom is -0.352 e. The molecule has 236 valence electrons. The van der Waals surface area contributed by atoms with Crippen LogP contribution in [0.15, 0.2) is 106 Å². The summed E-state index contributed by atoms with van der Waals surface area (Å²) in [4.78, 5) is 29.7. The second-order valence-electron chi connectivity index (χ2n) is 10.9. The maximum Gasteiger partial charge on any atom is 0.264 e. The van der Waals surface area contributed by atoms with Crippen molar-refractivity contribution in [1.82, 2.24) is 10.2 Å². The standard InChI is InChI=1S/C34H34BrCl2N3O4S/c1-23(2)38-34(42)32(18-25-8-5-4-6-9-25)39(21-26-14-15-28(36)20-31(26)37)33(41)22-40(29-11-7-10-27(35)19-29)45(43,44)30-16-12-24(3)13-17-30/h4-17,19-20,23,32H,18,21-22H2,1-3H3,(H,38,42)/t32-/m1/s1. The lowest BCUT2D eigenvalue weighted by Crippen LogP contribution is -2.54. The van der Waals surface area contributed by atoms with Crippen molar-refractivity contribution in [3.8, 4) is 0 Å². The number of aryl methyl sites for hydroxylation is 1. The van der Waals surface area contributed by atoms with Crippen LogP contribution < -0.4 is 9.62 Å². The SMILES string of the molecule is Cc1ccc(S(=O)(=O)N(CC(=O)N(Cc2ccc(Cl)cc2Cl)[C@H](Cc2ccccc2)C(=O)NC(C)C)c2cccc(Br)c2)cc1. The number of nitrogens with one attached hydrogen (secondary N) is 1. The van der Waals surface area contributed by atoms with Gasteiger partial charge in [-0.05, 0) is 74.4 Å². The van der Waals surface area contributed by atoms with E-state index < -0.39 is 28.5 Å². The maximum atomic E-state index is 14.5. The van der Waals surface area contributed by atoms with Crippen LogP contribution in [0, 0.1) is 6.92 Å². The molecule has 0 aromatic heterocycles. The summed E-state index contributed by atoms with van der Waals surface area (Å²) in [5.41, 5.74) is 2.57. The zero-order valence-corrected chi connectivity index (χ0v) is 29.0. The summed E-state index contributed by atoms with van der Waals surface area (Å²) in [7, 11) is -4.21. The Hall–Kier alpha value is -3.37. The van der Waals surface area contributed by atoms with Gasteiger partial charge in [0.25, 0.3) is 10.0 Å². The number of rotatable bonds is 12. The normalized spacial score (nSPS) is 12.1. The highest BCUT2D eigenvalue weighted by Crippen LogP contribution is 2.29. The molecule has 0 heterocycles. The van der Waals surface area contributed by atoms with E-state index in [2.05, 4.69) is 21.2 Å². The minimum absolute atomic E-state index is 0.0338. The maximum absolute atomic E-state index is 14.5. The van der Waals surface area contributed by atoms with Gasteiger partial charge in [0.15, 0.2) is 0 Å². The number of halogens is 3. The van der Waals surface area contributed by atoms with Gasteiger partial charge >= 0.3 is 0 Å². The Balaban J connectivity index is 1.83. The molecule has 2 amide bonds. The highest BCUT2D eigenvalue weighted by molar-refractivity contribution is 9.10. The quantitative estimate of drug-likeness (QED) is 0.164. The van der Waals surface area contributed by atoms with Gasteiger partial charge in [-0.15, -0.1) is 0 Å². The molecule has 45 heavy (non-hydrogen) atoms. The number of carbonyl (C=O) groups excluding carboxylic acids is 2. The zero-order chi connectivity index (χ0) is 32.7. The van der Waals surface area contributed by atoms with Crippen LogP contribution in [-0.4, -0.2) is 43.8 Å². The molecule has 11 heteroatoms. The first-order valence-electron chi connectivity index (χ1n) is 14.3. The van der Waals surface area contributed by atoms with Crippen LogP contribution in [0.4, 0.5) is 5.69 Å². The molecule has 0 bridgehead atoms. The molecule has 0 aliphatic heterocycles. The van der Waals surface area contributed by atoms with E-state index >= 15 is 0 Å². The Labute approximate surface area is 283 Å². The van der Waals surface area contributed by atoms with Crippen molar-refractivity contribution in [2.45, 2.75) is 50.7 Å². The summed E-state index contributed by atoms with van der Waals surface area (Å²) < 4.78 is 30.0. The lowest BCUT2D eigenvalue weighted by Gasteiger charge is -2.34. The largest absolute Gasteiger partial charge is 0.352 e. The van der Waals surface area contributed by atoms with E-state index in [9.17, 15) is 18.0 Å². The topological polar surface area (TPSA) is 86.8 Å². The van der Waals surface area contributed by atoms with Crippen LogP contribution in [0.1, 0.15) is 30.5 Å². The van der Waals surface area contributed by atoms with Crippen LogP contribution in [0.5, 0.6) is 0 Å². The Kier molecular flexibility index (Phi) is 11.7. The van der Waals surface area contributed by atoms with Crippen molar-refractivity contribution < 1.29 is 18.0 Å². The van der Waals surface area contributed by atoms with Crippen LogP contribution in [-0.2, 0) is 32.6 Å². The molecule has 0 aliphatic rings. The van der Waals surface area contributed by atoms with Gasteiger partial charge in [0.05, 0.1) is 10.6 Å². The lowest BCUT2D eigenvalue weighted by atomic mass is 10.0. The predicted molar refractivity (Wildman–Crippen MR) is 184 cm³/mol. The first-order valence-corrected chi connectivity index (χ1v) is 17.3. The molecule has 4 aromatic carbocycles. The molecule has 0 aliphatic carbocycles. The van der Waals surface area contributed by atoms with Crippen LogP contribution in [0.3, 0.4) is 0 Å². The molecule has 0 radical (unpaired) electrons. The van der Waals surface area contributed by atoms with E-state index in [1.807, 2.05) is 51.1 Å². The fraction of sp³-hybridized carbons (Fsp3) is 0.235. The molecule has 1 atom stereocenters. The number of sulfonamides is 1. The van der Waals surface area contributed by atoms with Gasteiger partial charge in [-0.25, -0.2) is 8.42 Å². The lowest BCUT2D eigenvalue weighted by molar-refractivity contribution is -0.140. The molecule has 4 aromatic rings. The summed E-state index contributed by atoms with van der Waals surface area (Å²) in [6.07, 6.45) is 0.192. The molecule has 1 N–H and O–H groups in total. The Morgan fingerprint density at radius 1 is 0.889 bits per heavy atom. The van der Waals surface area contributed by atoms with Gasteiger partial charge in [-0.1, -0.05) is 99.3 Å². The highest BCUT2D eigenvalue weighted by Gasteiger charge is 2.35. The van der Waals surface area contributed by atoms with Crippen molar-refractivity contribution >= 4 is 66.7 Å². The smallest absolute Gasteiger partial charge is 0.264 e. The summed E-state index contributed by atoms with van der Waals surface area (Å²) in [5, 5.41) is 3.68. The fourth-order valence-corrected chi connectivity index (χ4v) is 7.03. The van der Waals surface area contributed by atoms with Crippen molar-refractivity contribution in [2.24, 2.45) is 0 Å². The zero-order valence-electron chi connectivity index (χ0n) is 25.1. The summed E-state index contributed by atoms with van der Waals surface area (Å²) in [6.45, 7) is 4.90. The Morgan fingerprint density at radius 2 is 1.58 bits per heavy atom. The van der Waals surface area contributed by atoms with E-state index in [4.69, 9.17) is 23.2 Å². The van der Waals surface area contributed by atoms with Crippen molar-refractivity contribution in [1.29, 1.82) is 0 Å². The van der Waals surface area contributed by atoms with E-state index in [0.717, 1.165) is 15.4 Å². The molecule has 0 unspecified atom stereocenters. The monoisotopic (exact) mass is 729 g/mol. The second kappa shape index (κ2) is 15.3. The Bertz CT molecular complexity index is 1750. The molecule has 0 fully saturated rings. The predicted octanol–water partition coefficient (Wildman–Crippen LogP) is 7.42. The Morgan fingerprint density at radius 3 is 2.20 bits per heavy atom. The van der Waals surface area contributed by atoms with Gasteiger partial charge < -0.3 is 10.2 Å². The van der Waals surface area contributed by atoms with Gasteiger partial charge in [0, 0.05) is 33.5 Å². The molecule has 4 rings (SSSR count). The number of hydrogen-bond donors (Lipinski definition) is 1. The van der Waals surface area contributed by atoms with E-state index in [1.165, 1.54) is 17.0 Å². The second-order valence-corrected chi connectivity index (χ2v) is 14.6. The van der Waals surface area contributed by atoms with Crippen LogP contribution in [0.2, 0.25) is 10.0 Å². The fourth-order valence-electron chi connectivity index (χ4n) is 4.77. The van der Waals surface area contributed by atoms with E-state index in [0.29, 0.717) is 20.1 Å². The van der Waals surface area contributed by atoms with Crippen molar-refractivity contribution in [3.63, 3.8) is 0 Å². The van der Waals surface area contributed by atoms with Crippen molar-refractivity contribution in [2.75, 3.05) is 10.8 Å². The number of amides is 2. The summed E-state index contributed by atoms with van der Waals surface area (Å²) in [5.74, 6) is -0.959. The number of carbonyl (C=O) groups is 2. The molecule has 0 saturated heterocycles. The van der Waals surface area contributed by atoms with E-state index in [-0.39, 0.29) is 35.5 Å². The average Bonchev–Trinajstić information content (AvgIpc) is 2.98. The molecule has 0 spiro atoms. The summed E-state index contributed by atoms with van der Waals surface area (Å²) >= 11 is 16.1. The van der Waals surface area contributed by atoms with Crippen LogP contribution >= 0.6 is 39.1 Å². The van der Waals surface area contributed by atoms with Gasteiger partial charge in [-0.3, -0.25) is 13.9 Å². The highest BCUT2D eigenvalue weighted by atomic mass is 79.9. The molecular weight excluding hydrogens is 697 g/mol. The minimum atomic E-state index is -4.21. The first kappa shape index (κ1) is 34.5. The third-order valence-corrected chi connectivity index (χ3v) is 9.91. The first-order chi connectivity index (χ1) is 21.3. The number of benzene rings is 4.